The van der Waals surface area contributed by atoms with Crippen LogP contribution in [-0.2, 0) is 0 Å². The van der Waals surface area contributed by atoms with Gasteiger partial charge in [-0.05, 0) is 38.4 Å². The van der Waals surface area contributed by atoms with E-state index in [0.717, 1.165) is 43.6 Å². The van der Waals surface area contributed by atoms with E-state index in [9.17, 15) is 10.1 Å². The van der Waals surface area contributed by atoms with Crippen LogP contribution in [0, 0.1) is 10.1 Å². The van der Waals surface area contributed by atoms with Gasteiger partial charge in [0.1, 0.15) is 0 Å². The second-order valence-electron chi connectivity index (χ2n) is 5.07. The standard InChI is InChI=1S/C13H21N3O2S/c1-2-8-15-9-4-3-5-10(14)13(15)11-6-7-12(19-11)16(17)18/h6-7,10,13H,2-5,8-9,14H2,1H3. The van der Waals surface area contributed by atoms with Gasteiger partial charge < -0.3 is 5.73 Å². The van der Waals surface area contributed by atoms with Crippen LogP contribution in [0.25, 0.3) is 0 Å². The molecule has 1 fully saturated rings. The minimum absolute atomic E-state index is 0.0762. The number of hydrogen-bond acceptors (Lipinski definition) is 5. The molecule has 1 aliphatic heterocycles. The normalized spacial score (nSPS) is 25.2. The number of rotatable bonds is 4. The molecule has 1 aromatic heterocycles. The first-order valence-electron chi connectivity index (χ1n) is 6.87. The molecule has 2 unspecified atom stereocenters. The maximum Gasteiger partial charge on any atom is 0.324 e. The van der Waals surface area contributed by atoms with E-state index in [1.165, 1.54) is 11.3 Å². The summed E-state index contributed by atoms with van der Waals surface area (Å²) in [6.45, 7) is 4.20. The number of nitrogens with two attached hydrogens (primary N) is 1. The number of likely N-dealkylation sites (tertiary alicyclic amines) is 1. The zero-order valence-corrected chi connectivity index (χ0v) is 12.1. The van der Waals surface area contributed by atoms with Crippen molar-refractivity contribution < 1.29 is 4.92 Å². The van der Waals surface area contributed by atoms with Gasteiger partial charge in [-0.15, -0.1) is 0 Å². The van der Waals surface area contributed by atoms with Crippen molar-refractivity contribution >= 4 is 16.3 Å². The highest BCUT2D eigenvalue weighted by atomic mass is 32.1. The molecule has 0 saturated carbocycles. The lowest BCUT2D eigenvalue weighted by Gasteiger charge is -2.32. The summed E-state index contributed by atoms with van der Waals surface area (Å²) in [4.78, 5) is 13.9. The molecule has 2 atom stereocenters. The Bertz CT molecular complexity index is 435. The van der Waals surface area contributed by atoms with E-state index in [-0.39, 0.29) is 22.0 Å². The Kier molecular flexibility index (Phi) is 4.90. The third-order valence-corrected chi connectivity index (χ3v) is 4.73. The molecular formula is C13H21N3O2S. The van der Waals surface area contributed by atoms with E-state index in [1.807, 2.05) is 6.07 Å². The van der Waals surface area contributed by atoms with Crippen molar-refractivity contribution in [1.82, 2.24) is 4.90 Å². The minimum atomic E-state index is -0.319. The van der Waals surface area contributed by atoms with Crippen LogP contribution in [0.4, 0.5) is 5.00 Å². The molecule has 6 heteroatoms. The van der Waals surface area contributed by atoms with Gasteiger partial charge >= 0.3 is 5.00 Å². The fourth-order valence-corrected chi connectivity index (χ4v) is 3.82. The smallest absolute Gasteiger partial charge is 0.324 e. The quantitative estimate of drug-likeness (QED) is 0.681. The molecule has 0 radical (unpaired) electrons. The number of thiophene rings is 1. The highest BCUT2D eigenvalue weighted by Crippen LogP contribution is 2.36. The third kappa shape index (κ3) is 3.32. The highest BCUT2D eigenvalue weighted by Gasteiger charge is 2.30. The molecule has 2 N–H and O–H groups in total. The molecule has 0 aromatic carbocycles. The molecule has 19 heavy (non-hydrogen) atoms. The van der Waals surface area contributed by atoms with E-state index < -0.39 is 0 Å². The average molecular weight is 283 g/mol. The fraction of sp³-hybridized carbons (Fsp3) is 0.692. The Morgan fingerprint density at radius 3 is 2.95 bits per heavy atom. The second-order valence-corrected chi connectivity index (χ2v) is 6.17. The lowest BCUT2D eigenvalue weighted by Crippen LogP contribution is -2.39. The molecule has 5 nitrogen and oxygen atoms in total. The van der Waals surface area contributed by atoms with E-state index in [0.29, 0.717) is 0 Å². The van der Waals surface area contributed by atoms with Crippen molar-refractivity contribution in [2.75, 3.05) is 13.1 Å². The minimum Gasteiger partial charge on any atom is -0.326 e. The van der Waals surface area contributed by atoms with Crippen LogP contribution in [0.15, 0.2) is 12.1 Å². The van der Waals surface area contributed by atoms with Crippen LogP contribution in [-0.4, -0.2) is 29.0 Å². The Balaban J connectivity index is 2.26. The lowest BCUT2D eigenvalue weighted by atomic mass is 10.0. The van der Waals surface area contributed by atoms with E-state index >= 15 is 0 Å². The molecule has 106 valence electrons. The number of nitrogens with zero attached hydrogens (tertiary/aromatic N) is 2. The maximum atomic E-state index is 10.8. The molecule has 0 amide bonds. The zero-order valence-electron chi connectivity index (χ0n) is 11.2. The summed E-state index contributed by atoms with van der Waals surface area (Å²) < 4.78 is 0. The lowest BCUT2D eigenvalue weighted by molar-refractivity contribution is -0.380. The first-order valence-corrected chi connectivity index (χ1v) is 7.69. The van der Waals surface area contributed by atoms with Gasteiger partial charge in [0.15, 0.2) is 0 Å². The van der Waals surface area contributed by atoms with E-state index in [4.69, 9.17) is 5.73 Å². The summed E-state index contributed by atoms with van der Waals surface area (Å²) >= 11 is 1.27. The Morgan fingerprint density at radius 2 is 2.32 bits per heavy atom. The highest BCUT2D eigenvalue weighted by molar-refractivity contribution is 7.15. The summed E-state index contributed by atoms with van der Waals surface area (Å²) in [6.07, 6.45) is 4.39. The Labute approximate surface area is 117 Å². The molecule has 2 rings (SSSR count). The van der Waals surface area contributed by atoms with Crippen LogP contribution in [0.3, 0.4) is 0 Å². The van der Waals surface area contributed by atoms with Crippen molar-refractivity contribution in [2.45, 2.75) is 44.7 Å². The first-order chi connectivity index (χ1) is 9.13. The van der Waals surface area contributed by atoms with Crippen LogP contribution in [0.1, 0.15) is 43.5 Å². The molecule has 0 spiro atoms. The predicted molar refractivity (Wildman–Crippen MR) is 77.4 cm³/mol. The third-order valence-electron chi connectivity index (χ3n) is 3.63. The molecule has 0 aliphatic carbocycles. The van der Waals surface area contributed by atoms with Crippen LogP contribution < -0.4 is 5.73 Å². The SMILES string of the molecule is CCCN1CCCCC(N)C1c1ccc([N+](=O)[O-])s1. The second kappa shape index (κ2) is 6.45. The van der Waals surface area contributed by atoms with Gasteiger partial charge in [-0.1, -0.05) is 24.7 Å². The number of hydrogen-bond donors (Lipinski definition) is 1. The largest absolute Gasteiger partial charge is 0.326 e. The fourth-order valence-electron chi connectivity index (χ4n) is 2.79. The monoisotopic (exact) mass is 283 g/mol. The predicted octanol–water partition coefficient (Wildman–Crippen LogP) is 2.92. The summed E-state index contributed by atoms with van der Waals surface area (Å²) in [7, 11) is 0. The van der Waals surface area contributed by atoms with Crippen molar-refractivity contribution in [3.63, 3.8) is 0 Å². The van der Waals surface area contributed by atoms with Gasteiger partial charge in [-0.25, -0.2) is 0 Å². The molecule has 1 aliphatic rings. The molecule has 1 saturated heterocycles. The van der Waals surface area contributed by atoms with Crippen molar-refractivity contribution in [1.29, 1.82) is 0 Å². The maximum absolute atomic E-state index is 10.8. The van der Waals surface area contributed by atoms with Gasteiger partial charge in [0.2, 0.25) is 0 Å². The van der Waals surface area contributed by atoms with E-state index in [1.54, 1.807) is 6.07 Å². The summed E-state index contributed by atoms with van der Waals surface area (Å²) in [6, 6.07) is 3.69. The molecule has 0 bridgehead atoms. The van der Waals surface area contributed by atoms with Gasteiger partial charge in [0.25, 0.3) is 0 Å². The molecule has 1 aromatic rings. The van der Waals surface area contributed by atoms with Crippen molar-refractivity contribution in [3.8, 4) is 0 Å². The molecule has 2 heterocycles. The van der Waals surface area contributed by atoms with Crippen molar-refractivity contribution in [3.05, 3.63) is 27.1 Å². The molecular weight excluding hydrogens is 262 g/mol. The van der Waals surface area contributed by atoms with Gasteiger partial charge in [0.05, 0.1) is 11.0 Å². The van der Waals surface area contributed by atoms with Gasteiger partial charge in [0, 0.05) is 17.0 Å². The van der Waals surface area contributed by atoms with Crippen molar-refractivity contribution in [2.24, 2.45) is 5.73 Å². The van der Waals surface area contributed by atoms with Gasteiger partial charge in [-0.2, -0.15) is 0 Å². The summed E-state index contributed by atoms with van der Waals surface area (Å²) in [5.41, 5.74) is 6.31. The Hall–Kier alpha value is -0.980. The van der Waals surface area contributed by atoms with Gasteiger partial charge in [-0.3, -0.25) is 15.0 Å². The average Bonchev–Trinajstić information content (AvgIpc) is 2.77. The number of nitro groups is 1. The first kappa shape index (κ1) is 14.4. The van der Waals surface area contributed by atoms with Crippen LogP contribution in [0.5, 0.6) is 0 Å². The van der Waals surface area contributed by atoms with Crippen LogP contribution in [0.2, 0.25) is 0 Å². The van der Waals surface area contributed by atoms with Crippen LogP contribution >= 0.6 is 11.3 Å². The zero-order chi connectivity index (χ0) is 13.8. The Morgan fingerprint density at radius 1 is 1.53 bits per heavy atom. The summed E-state index contributed by atoms with van der Waals surface area (Å²) in [5, 5.41) is 11.0. The topological polar surface area (TPSA) is 72.4 Å². The summed E-state index contributed by atoms with van der Waals surface area (Å²) in [5.74, 6) is 0. The van der Waals surface area contributed by atoms with E-state index in [2.05, 4.69) is 11.8 Å².